The molecular weight excluding hydrogens is 554 g/mol. The van der Waals surface area contributed by atoms with Gasteiger partial charge in [-0.2, -0.15) is 0 Å². The van der Waals surface area contributed by atoms with Gasteiger partial charge >= 0.3 is 0 Å². The Morgan fingerprint density at radius 3 is 2.35 bits per heavy atom. The molecule has 3 aliphatic carbocycles. The van der Waals surface area contributed by atoms with E-state index in [-0.39, 0.29) is 42.1 Å². The number of hydrogen-bond acceptors (Lipinski definition) is 9. The maximum atomic E-state index is 13.7. The molecule has 1 saturated carbocycles. The van der Waals surface area contributed by atoms with E-state index in [1.807, 2.05) is 12.1 Å². The number of rotatable bonds is 5. The first-order chi connectivity index (χ1) is 20.5. The summed E-state index contributed by atoms with van der Waals surface area (Å²) in [6, 6.07) is 10.3. The molecule has 0 radical (unpaired) electrons. The number of primary amides is 1. The Balaban J connectivity index is 1.32. The predicted molar refractivity (Wildman–Crippen MR) is 156 cm³/mol. The van der Waals surface area contributed by atoms with Crippen LogP contribution in [0.15, 0.2) is 53.3 Å². The van der Waals surface area contributed by atoms with Crippen LogP contribution in [0.25, 0.3) is 16.9 Å². The lowest BCUT2D eigenvalue weighted by molar-refractivity contribution is -0.147. The van der Waals surface area contributed by atoms with E-state index in [2.05, 4.69) is 10.2 Å². The summed E-state index contributed by atoms with van der Waals surface area (Å²) in [6.45, 7) is 2.16. The van der Waals surface area contributed by atoms with Crippen molar-refractivity contribution < 1.29 is 39.6 Å². The summed E-state index contributed by atoms with van der Waals surface area (Å²) in [6.07, 6.45) is 3.26. The number of anilines is 1. The minimum Gasteiger partial charge on any atom is -0.508 e. The van der Waals surface area contributed by atoms with Gasteiger partial charge in [0.05, 0.1) is 12.1 Å². The molecule has 43 heavy (non-hydrogen) atoms. The number of ketones is 2. The van der Waals surface area contributed by atoms with Crippen LogP contribution in [0.5, 0.6) is 5.75 Å². The number of fused-ring (bicyclic) bond motifs is 3. The fourth-order valence-corrected chi connectivity index (χ4v) is 7.15. The largest absolute Gasteiger partial charge is 0.508 e. The standard InChI is InChI=1S/C32H33N3O8/c33-31(42)27-23(37)14-18-12-17-13-21-20(8-9-22(36)26(21)28(39)25(17)29(40)32(18,43)30(27)41)16-4-6-19(7-5-16)34-24(38)15-35-10-2-1-3-11-35/h4-9,17-18,36,39,41,43H,1-3,10-15H2,(H2,33,42)(H,34,38). The first-order valence-electron chi connectivity index (χ1n) is 14.5. The monoisotopic (exact) mass is 587 g/mol. The molecule has 2 aromatic carbocycles. The first-order valence-corrected chi connectivity index (χ1v) is 14.5. The number of phenolic OH excluding ortho intramolecular Hbond substituents is 1. The average molecular weight is 588 g/mol. The third-order valence-corrected chi connectivity index (χ3v) is 9.24. The highest BCUT2D eigenvalue weighted by atomic mass is 16.3. The number of aliphatic hydroxyl groups is 3. The minimum atomic E-state index is -2.60. The zero-order valence-electron chi connectivity index (χ0n) is 23.4. The summed E-state index contributed by atoms with van der Waals surface area (Å²) in [7, 11) is 0. The SMILES string of the molecule is NC(=O)C1=C(O)C2(O)C(=O)C3=C(O)c4c(O)ccc(-c5ccc(NC(=O)CN6CCCCC6)cc5)c4CC3CC2CC1=O. The zero-order chi connectivity index (χ0) is 30.6. The number of nitrogens with two attached hydrogens (primary N) is 1. The molecule has 3 atom stereocenters. The molecule has 3 unspecified atom stereocenters. The van der Waals surface area contributed by atoms with E-state index in [9.17, 15) is 39.6 Å². The van der Waals surface area contributed by atoms with Crippen molar-refractivity contribution in [3.05, 3.63) is 64.4 Å². The van der Waals surface area contributed by atoms with Crippen molar-refractivity contribution in [2.24, 2.45) is 17.6 Å². The number of nitrogens with one attached hydrogen (secondary N) is 1. The van der Waals surface area contributed by atoms with Gasteiger partial charge in [0.15, 0.2) is 11.4 Å². The lowest BCUT2D eigenvalue weighted by Gasteiger charge is -2.46. The van der Waals surface area contributed by atoms with Gasteiger partial charge in [0, 0.05) is 23.6 Å². The summed E-state index contributed by atoms with van der Waals surface area (Å²) in [5.74, 6) is -6.72. The third-order valence-electron chi connectivity index (χ3n) is 9.24. The Hall–Kier alpha value is -4.48. The number of aliphatic hydroxyl groups excluding tert-OH is 2. The number of nitrogens with zero attached hydrogens (tertiary/aromatic N) is 1. The average Bonchev–Trinajstić information content (AvgIpc) is 2.96. The molecule has 1 aliphatic heterocycles. The van der Waals surface area contributed by atoms with Gasteiger partial charge in [0.1, 0.15) is 22.8 Å². The highest BCUT2D eigenvalue weighted by Gasteiger charge is 2.60. The number of carbonyl (C=O) groups is 4. The molecule has 1 saturated heterocycles. The topological polar surface area (TPSA) is 190 Å². The fourth-order valence-electron chi connectivity index (χ4n) is 7.15. The van der Waals surface area contributed by atoms with Crippen molar-refractivity contribution in [1.29, 1.82) is 0 Å². The van der Waals surface area contributed by atoms with Crippen molar-refractivity contribution in [3.8, 4) is 16.9 Å². The number of carbonyl (C=O) groups excluding carboxylic acids is 4. The van der Waals surface area contributed by atoms with E-state index in [1.165, 1.54) is 12.5 Å². The summed E-state index contributed by atoms with van der Waals surface area (Å²) in [4.78, 5) is 52.8. The van der Waals surface area contributed by atoms with Gasteiger partial charge in [-0.3, -0.25) is 24.1 Å². The maximum absolute atomic E-state index is 13.7. The molecule has 11 nitrogen and oxygen atoms in total. The number of aromatic hydroxyl groups is 1. The second kappa shape index (κ2) is 10.7. The number of amides is 2. The number of likely N-dealkylation sites (tertiary alicyclic amines) is 1. The molecule has 7 N–H and O–H groups in total. The maximum Gasteiger partial charge on any atom is 0.255 e. The second-order valence-corrected chi connectivity index (χ2v) is 11.9. The van der Waals surface area contributed by atoms with E-state index in [1.54, 1.807) is 18.2 Å². The Morgan fingerprint density at radius 2 is 1.67 bits per heavy atom. The quantitative estimate of drug-likeness (QED) is 0.285. The van der Waals surface area contributed by atoms with E-state index in [0.29, 0.717) is 23.4 Å². The Kier molecular flexibility index (Phi) is 7.10. The molecule has 2 fully saturated rings. The Labute approximate surface area is 247 Å². The van der Waals surface area contributed by atoms with Crippen molar-refractivity contribution in [3.63, 3.8) is 0 Å². The lowest BCUT2D eigenvalue weighted by atomic mass is 9.59. The van der Waals surface area contributed by atoms with Gasteiger partial charge < -0.3 is 31.5 Å². The third kappa shape index (κ3) is 4.68. The zero-order valence-corrected chi connectivity index (χ0v) is 23.4. The van der Waals surface area contributed by atoms with Gasteiger partial charge in [-0.25, -0.2) is 0 Å². The highest BCUT2D eigenvalue weighted by molar-refractivity contribution is 6.22. The minimum absolute atomic E-state index is 0.0311. The van der Waals surface area contributed by atoms with E-state index >= 15 is 0 Å². The number of benzene rings is 2. The Morgan fingerprint density at radius 1 is 0.977 bits per heavy atom. The van der Waals surface area contributed by atoms with E-state index < -0.39 is 52.0 Å². The smallest absolute Gasteiger partial charge is 0.255 e. The molecular formula is C32H33N3O8. The van der Waals surface area contributed by atoms with Gasteiger partial charge in [0.25, 0.3) is 5.91 Å². The van der Waals surface area contributed by atoms with Crippen LogP contribution in [0.3, 0.4) is 0 Å². The number of phenols is 1. The van der Waals surface area contributed by atoms with Crippen LogP contribution >= 0.6 is 0 Å². The number of Topliss-reactive ketones (excluding diaryl/α,β-unsaturated/α-hetero) is 2. The molecule has 1 heterocycles. The molecule has 6 rings (SSSR count). The van der Waals surface area contributed by atoms with Crippen molar-refractivity contribution in [1.82, 2.24) is 4.90 Å². The molecule has 0 bridgehead atoms. The molecule has 11 heteroatoms. The van der Waals surface area contributed by atoms with Gasteiger partial charge in [0.2, 0.25) is 11.7 Å². The molecule has 4 aliphatic rings. The van der Waals surface area contributed by atoms with Crippen LogP contribution in [-0.2, 0) is 25.6 Å². The number of hydrogen-bond donors (Lipinski definition) is 6. The van der Waals surface area contributed by atoms with Crippen molar-refractivity contribution >= 4 is 34.8 Å². The van der Waals surface area contributed by atoms with Crippen LogP contribution in [0.4, 0.5) is 5.69 Å². The second-order valence-electron chi connectivity index (χ2n) is 11.9. The molecule has 224 valence electrons. The summed E-state index contributed by atoms with van der Waals surface area (Å²) >= 11 is 0. The van der Waals surface area contributed by atoms with E-state index in [4.69, 9.17) is 5.73 Å². The number of piperidine rings is 1. The van der Waals surface area contributed by atoms with Gasteiger partial charge in [-0.05, 0) is 79.6 Å². The van der Waals surface area contributed by atoms with Crippen molar-refractivity contribution in [2.45, 2.75) is 44.1 Å². The summed E-state index contributed by atoms with van der Waals surface area (Å²) < 4.78 is 0. The van der Waals surface area contributed by atoms with Gasteiger partial charge in [-0.15, -0.1) is 0 Å². The van der Waals surface area contributed by atoms with Gasteiger partial charge in [-0.1, -0.05) is 24.6 Å². The predicted octanol–water partition coefficient (Wildman–Crippen LogP) is 2.52. The van der Waals surface area contributed by atoms with Crippen LogP contribution in [-0.4, -0.2) is 73.9 Å². The molecule has 0 aromatic heterocycles. The normalized spacial score (nSPS) is 25.6. The Bertz CT molecular complexity index is 1620. The lowest BCUT2D eigenvalue weighted by Crippen LogP contribution is -2.58. The van der Waals surface area contributed by atoms with Crippen LogP contribution in [0.1, 0.15) is 43.2 Å². The fraction of sp³-hybridized carbons (Fsp3) is 0.375. The summed E-state index contributed by atoms with van der Waals surface area (Å²) in [5, 5.41) is 47.2. The van der Waals surface area contributed by atoms with Crippen LogP contribution in [0, 0.1) is 11.8 Å². The summed E-state index contributed by atoms with van der Waals surface area (Å²) in [5.41, 5.74) is 4.31. The van der Waals surface area contributed by atoms with E-state index in [0.717, 1.165) is 31.5 Å². The molecule has 2 amide bonds. The molecule has 0 spiro atoms. The van der Waals surface area contributed by atoms with Crippen LogP contribution < -0.4 is 11.1 Å². The highest BCUT2D eigenvalue weighted by Crippen LogP contribution is 2.53. The first kappa shape index (κ1) is 28.6. The van der Waals surface area contributed by atoms with Crippen molar-refractivity contribution in [2.75, 3.05) is 25.0 Å². The molecule has 2 aromatic rings. The van der Waals surface area contributed by atoms with Crippen LogP contribution in [0.2, 0.25) is 0 Å².